The van der Waals surface area contributed by atoms with E-state index in [0.29, 0.717) is 12.8 Å². The molecule has 1 aliphatic carbocycles. The van der Waals surface area contributed by atoms with Crippen LogP contribution in [0.1, 0.15) is 31.2 Å². The molecule has 84 valence electrons. The number of rotatable bonds is 3. The number of benzene rings is 1. The van der Waals surface area contributed by atoms with Crippen LogP contribution >= 0.6 is 0 Å². The smallest absolute Gasteiger partial charge is 0.147 e. The van der Waals surface area contributed by atoms with E-state index in [1.54, 1.807) is 0 Å². The summed E-state index contributed by atoms with van der Waals surface area (Å²) in [6.07, 6.45) is 3.71. The Morgan fingerprint density at radius 2 is 1.94 bits per heavy atom. The third-order valence-electron chi connectivity index (χ3n) is 3.16. The molecule has 2 rings (SSSR count). The van der Waals surface area contributed by atoms with Crippen LogP contribution in [0.4, 0.5) is 0 Å². The van der Waals surface area contributed by atoms with Gasteiger partial charge in [-0.1, -0.05) is 36.8 Å². The summed E-state index contributed by atoms with van der Waals surface area (Å²) in [5.74, 6) is -0.0861. The van der Waals surface area contributed by atoms with Crippen molar-refractivity contribution < 1.29 is 9.59 Å². The average molecular weight is 216 g/mol. The fraction of sp³-hybridized carbons (Fsp3) is 0.429. The third kappa shape index (κ3) is 2.57. The lowest BCUT2D eigenvalue weighted by Gasteiger charge is -2.19. The van der Waals surface area contributed by atoms with Crippen molar-refractivity contribution in [3.63, 3.8) is 0 Å². The van der Waals surface area contributed by atoms with Crippen molar-refractivity contribution in [3.8, 4) is 0 Å². The van der Waals surface area contributed by atoms with Crippen molar-refractivity contribution in [2.45, 2.75) is 32.1 Å². The summed E-state index contributed by atoms with van der Waals surface area (Å²) in [4.78, 5) is 23.6. The molecule has 2 heteroatoms. The van der Waals surface area contributed by atoms with Crippen LogP contribution in [-0.2, 0) is 16.0 Å². The van der Waals surface area contributed by atoms with Crippen molar-refractivity contribution in [2.24, 2.45) is 5.92 Å². The highest BCUT2D eigenvalue weighted by atomic mass is 16.1. The van der Waals surface area contributed by atoms with Gasteiger partial charge in [0.15, 0.2) is 0 Å². The van der Waals surface area contributed by atoms with Crippen LogP contribution in [0.15, 0.2) is 30.3 Å². The first-order valence-corrected chi connectivity index (χ1v) is 5.87. The highest BCUT2D eigenvalue weighted by molar-refractivity contribution is 6.03. The molecule has 0 aromatic heterocycles. The summed E-state index contributed by atoms with van der Waals surface area (Å²) in [5.41, 5.74) is 1.01. The van der Waals surface area contributed by atoms with Crippen molar-refractivity contribution in [1.29, 1.82) is 0 Å². The van der Waals surface area contributed by atoms with Gasteiger partial charge in [-0.25, -0.2) is 0 Å². The Morgan fingerprint density at radius 3 is 2.62 bits per heavy atom. The Kier molecular flexibility index (Phi) is 3.50. The molecule has 1 aliphatic rings. The lowest BCUT2D eigenvalue weighted by Crippen LogP contribution is -2.28. The molecule has 1 saturated carbocycles. The molecule has 1 aromatic carbocycles. The van der Waals surface area contributed by atoms with Gasteiger partial charge in [0.1, 0.15) is 11.6 Å². The van der Waals surface area contributed by atoms with Crippen molar-refractivity contribution >= 4 is 11.6 Å². The predicted octanol–water partition coefficient (Wildman–Crippen LogP) is 2.56. The maximum Gasteiger partial charge on any atom is 0.147 e. The standard InChI is InChI=1S/C14H16O2/c15-13-9-5-4-8-12(13)14(16)10-11-6-2-1-3-7-11/h1-3,6-7,12H,4-5,8-10H2/t12-/m1/s1. The molecule has 0 bridgehead atoms. The van der Waals surface area contributed by atoms with Gasteiger partial charge in [0, 0.05) is 12.8 Å². The van der Waals surface area contributed by atoms with Crippen molar-refractivity contribution in [3.05, 3.63) is 35.9 Å². The molecule has 2 nitrogen and oxygen atoms in total. The van der Waals surface area contributed by atoms with Gasteiger partial charge in [0.25, 0.3) is 0 Å². The molecule has 0 saturated heterocycles. The summed E-state index contributed by atoms with van der Waals surface area (Å²) in [5, 5.41) is 0. The molecular formula is C14H16O2. The molecule has 0 N–H and O–H groups in total. The van der Waals surface area contributed by atoms with Crippen LogP contribution in [0.3, 0.4) is 0 Å². The normalized spacial score (nSPS) is 20.8. The van der Waals surface area contributed by atoms with E-state index < -0.39 is 0 Å². The monoisotopic (exact) mass is 216 g/mol. The van der Waals surface area contributed by atoms with E-state index >= 15 is 0 Å². The third-order valence-corrected chi connectivity index (χ3v) is 3.16. The fourth-order valence-electron chi connectivity index (χ4n) is 2.24. The van der Waals surface area contributed by atoms with E-state index in [0.717, 1.165) is 24.8 Å². The van der Waals surface area contributed by atoms with E-state index in [4.69, 9.17) is 0 Å². The molecule has 1 atom stereocenters. The van der Waals surface area contributed by atoms with Gasteiger partial charge < -0.3 is 0 Å². The Labute approximate surface area is 95.7 Å². The van der Waals surface area contributed by atoms with E-state index in [9.17, 15) is 9.59 Å². The second-order valence-corrected chi connectivity index (χ2v) is 4.39. The van der Waals surface area contributed by atoms with Gasteiger partial charge >= 0.3 is 0 Å². The van der Waals surface area contributed by atoms with Crippen molar-refractivity contribution in [2.75, 3.05) is 0 Å². The molecule has 0 amide bonds. The number of Topliss-reactive ketones (excluding diaryl/α,β-unsaturated/α-hetero) is 2. The first-order chi connectivity index (χ1) is 7.77. The molecular weight excluding hydrogens is 200 g/mol. The number of hydrogen-bond donors (Lipinski definition) is 0. The second kappa shape index (κ2) is 5.06. The number of hydrogen-bond acceptors (Lipinski definition) is 2. The molecule has 0 spiro atoms. The van der Waals surface area contributed by atoms with Gasteiger partial charge in [-0.2, -0.15) is 0 Å². The van der Waals surface area contributed by atoms with Crippen LogP contribution in [0.2, 0.25) is 0 Å². The zero-order chi connectivity index (χ0) is 11.4. The zero-order valence-corrected chi connectivity index (χ0v) is 9.32. The number of carbonyl (C=O) groups excluding carboxylic acids is 2. The predicted molar refractivity (Wildman–Crippen MR) is 62.1 cm³/mol. The Bertz CT molecular complexity index is 381. The highest BCUT2D eigenvalue weighted by Crippen LogP contribution is 2.22. The minimum absolute atomic E-state index is 0.0934. The van der Waals surface area contributed by atoms with Crippen molar-refractivity contribution in [1.82, 2.24) is 0 Å². The van der Waals surface area contributed by atoms with E-state index in [2.05, 4.69) is 0 Å². The molecule has 16 heavy (non-hydrogen) atoms. The van der Waals surface area contributed by atoms with Gasteiger partial charge in [0.2, 0.25) is 0 Å². The summed E-state index contributed by atoms with van der Waals surface area (Å²) in [6.45, 7) is 0. The Morgan fingerprint density at radius 1 is 1.19 bits per heavy atom. The molecule has 0 unspecified atom stereocenters. The van der Waals surface area contributed by atoms with E-state index in [1.807, 2.05) is 30.3 Å². The largest absolute Gasteiger partial charge is 0.299 e. The summed E-state index contributed by atoms with van der Waals surface area (Å²) in [7, 11) is 0. The maximum absolute atomic E-state index is 12.0. The Balaban J connectivity index is 2.00. The Hall–Kier alpha value is -1.44. The van der Waals surface area contributed by atoms with Crippen LogP contribution in [0.5, 0.6) is 0 Å². The summed E-state index contributed by atoms with van der Waals surface area (Å²) >= 11 is 0. The average Bonchev–Trinajstić information content (AvgIpc) is 2.31. The lowest BCUT2D eigenvalue weighted by atomic mass is 9.83. The first kappa shape index (κ1) is 11.1. The first-order valence-electron chi connectivity index (χ1n) is 5.87. The van der Waals surface area contributed by atoms with Gasteiger partial charge in [-0.05, 0) is 18.4 Å². The molecule has 0 radical (unpaired) electrons. The maximum atomic E-state index is 12.0. The topological polar surface area (TPSA) is 34.1 Å². The van der Waals surface area contributed by atoms with E-state index in [-0.39, 0.29) is 17.5 Å². The molecule has 1 aromatic rings. The highest BCUT2D eigenvalue weighted by Gasteiger charge is 2.28. The summed E-state index contributed by atoms with van der Waals surface area (Å²) in [6, 6.07) is 9.65. The van der Waals surface area contributed by atoms with Gasteiger partial charge in [-0.3, -0.25) is 9.59 Å². The molecule has 0 heterocycles. The van der Waals surface area contributed by atoms with Crippen LogP contribution in [0, 0.1) is 5.92 Å². The fourth-order valence-corrected chi connectivity index (χ4v) is 2.24. The minimum Gasteiger partial charge on any atom is -0.299 e. The molecule has 1 fully saturated rings. The lowest BCUT2D eigenvalue weighted by molar-refractivity contribution is -0.134. The minimum atomic E-state index is -0.325. The van der Waals surface area contributed by atoms with Gasteiger partial charge in [0.05, 0.1) is 5.92 Å². The van der Waals surface area contributed by atoms with Crippen LogP contribution < -0.4 is 0 Å². The zero-order valence-electron chi connectivity index (χ0n) is 9.32. The van der Waals surface area contributed by atoms with E-state index in [1.165, 1.54) is 0 Å². The second-order valence-electron chi connectivity index (χ2n) is 4.39. The number of carbonyl (C=O) groups is 2. The van der Waals surface area contributed by atoms with Crippen LogP contribution in [0.25, 0.3) is 0 Å². The quantitative estimate of drug-likeness (QED) is 0.728. The summed E-state index contributed by atoms with van der Waals surface area (Å²) < 4.78 is 0. The van der Waals surface area contributed by atoms with Gasteiger partial charge in [-0.15, -0.1) is 0 Å². The number of ketones is 2. The van der Waals surface area contributed by atoms with Crippen LogP contribution in [-0.4, -0.2) is 11.6 Å². The molecule has 0 aliphatic heterocycles. The SMILES string of the molecule is O=C1CCCC[C@H]1C(=O)Cc1ccccc1.